The molecule has 112 valence electrons. The molecule has 3 heterocycles. The van der Waals surface area contributed by atoms with Gasteiger partial charge in [-0.2, -0.15) is 0 Å². The second kappa shape index (κ2) is 4.87. The number of pyridine rings is 1. The number of ether oxygens (including phenoxy) is 1. The highest BCUT2D eigenvalue weighted by atomic mass is 32.1. The van der Waals surface area contributed by atoms with Crippen LogP contribution in [0.5, 0.6) is 0 Å². The molecule has 2 aromatic rings. The van der Waals surface area contributed by atoms with Gasteiger partial charge in [0.15, 0.2) is 0 Å². The number of hydrogen-bond donors (Lipinski definition) is 1. The first-order chi connectivity index (χ1) is 9.85. The molecule has 1 amide bonds. The summed E-state index contributed by atoms with van der Waals surface area (Å²) in [5.74, 6) is 0. The molecule has 0 atom stereocenters. The maximum atomic E-state index is 12.2. The number of nitrogens with zero attached hydrogens (tertiary/aromatic N) is 1. The maximum absolute atomic E-state index is 12.2. The fraction of sp³-hybridized carbons (Fsp3) is 0.467. The van der Waals surface area contributed by atoms with Crippen molar-refractivity contribution in [3.8, 4) is 0 Å². The van der Waals surface area contributed by atoms with E-state index in [-0.39, 0.29) is 11.7 Å². The molecular formula is C15H18N2O3S. The molecule has 0 aromatic carbocycles. The Morgan fingerprint density at radius 1 is 1.33 bits per heavy atom. The van der Waals surface area contributed by atoms with Gasteiger partial charge in [-0.25, -0.2) is 4.79 Å². The number of nitrogens with one attached hydrogen (secondary N) is 1. The quantitative estimate of drug-likeness (QED) is 0.814. The molecule has 0 saturated carbocycles. The van der Waals surface area contributed by atoms with E-state index in [1.165, 1.54) is 0 Å². The summed E-state index contributed by atoms with van der Waals surface area (Å²) in [7, 11) is 0. The molecule has 0 radical (unpaired) electrons. The van der Waals surface area contributed by atoms with Crippen molar-refractivity contribution >= 4 is 28.3 Å². The maximum Gasteiger partial charge on any atom is 0.410 e. The minimum Gasteiger partial charge on any atom is -0.444 e. The molecule has 1 aliphatic heterocycles. The predicted molar refractivity (Wildman–Crippen MR) is 82.8 cm³/mol. The standard InChI is InChI=1S/C15H18N2O3S/c1-15(2,3)20-14(19)17-5-4-9-10(6-17)13(18)16-12-8-21-7-11(9)12/h7-8H,4-6H2,1-3H3,(H,16,18). The second-order valence-electron chi connectivity index (χ2n) is 6.26. The summed E-state index contributed by atoms with van der Waals surface area (Å²) < 4.78 is 5.38. The molecule has 2 aromatic heterocycles. The van der Waals surface area contributed by atoms with Gasteiger partial charge in [0.1, 0.15) is 5.60 Å². The van der Waals surface area contributed by atoms with Crippen LogP contribution in [-0.4, -0.2) is 28.1 Å². The number of amides is 1. The highest BCUT2D eigenvalue weighted by Crippen LogP contribution is 2.26. The number of aromatic nitrogens is 1. The van der Waals surface area contributed by atoms with Gasteiger partial charge in [-0.1, -0.05) is 0 Å². The minimum absolute atomic E-state index is 0.107. The van der Waals surface area contributed by atoms with Crippen molar-refractivity contribution in [3.63, 3.8) is 0 Å². The summed E-state index contributed by atoms with van der Waals surface area (Å²) in [6.07, 6.45) is 0.323. The van der Waals surface area contributed by atoms with Crippen LogP contribution in [0.3, 0.4) is 0 Å². The van der Waals surface area contributed by atoms with Crippen LogP contribution in [0.4, 0.5) is 4.79 Å². The summed E-state index contributed by atoms with van der Waals surface area (Å²) in [6.45, 7) is 6.40. The van der Waals surface area contributed by atoms with Gasteiger partial charge < -0.3 is 14.6 Å². The Hall–Kier alpha value is -1.82. The third-order valence-corrected chi connectivity index (χ3v) is 4.25. The molecule has 0 fully saturated rings. The summed E-state index contributed by atoms with van der Waals surface area (Å²) in [4.78, 5) is 28.8. The monoisotopic (exact) mass is 306 g/mol. The van der Waals surface area contributed by atoms with E-state index in [0.717, 1.165) is 16.5 Å². The van der Waals surface area contributed by atoms with Crippen molar-refractivity contribution in [3.05, 3.63) is 32.2 Å². The Balaban J connectivity index is 1.92. The largest absolute Gasteiger partial charge is 0.444 e. The van der Waals surface area contributed by atoms with Crippen molar-refractivity contribution in [2.24, 2.45) is 0 Å². The van der Waals surface area contributed by atoms with E-state index in [0.29, 0.717) is 25.1 Å². The Morgan fingerprint density at radius 2 is 2.10 bits per heavy atom. The Bertz CT molecular complexity index is 754. The number of carbonyl (C=O) groups is 1. The van der Waals surface area contributed by atoms with E-state index < -0.39 is 5.60 Å². The van der Waals surface area contributed by atoms with E-state index >= 15 is 0 Å². The van der Waals surface area contributed by atoms with Crippen molar-refractivity contribution in [2.75, 3.05) is 6.54 Å². The smallest absolute Gasteiger partial charge is 0.410 e. The Labute approximate surface area is 126 Å². The molecule has 0 spiro atoms. The van der Waals surface area contributed by atoms with Crippen molar-refractivity contribution in [2.45, 2.75) is 39.3 Å². The van der Waals surface area contributed by atoms with Crippen molar-refractivity contribution < 1.29 is 9.53 Å². The molecule has 5 nitrogen and oxygen atoms in total. The minimum atomic E-state index is -0.527. The first-order valence-electron chi connectivity index (χ1n) is 6.93. The molecular weight excluding hydrogens is 288 g/mol. The topological polar surface area (TPSA) is 62.4 Å². The van der Waals surface area contributed by atoms with Crippen LogP contribution >= 0.6 is 11.3 Å². The van der Waals surface area contributed by atoms with Crippen molar-refractivity contribution in [1.82, 2.24) is 9.88 Å². The molecule has 1 N–H and O–H groups in total. The molecule has 3 rings (SSSR count). The summed E-state index contributed by atoms with van der Waals surface area (Å²) in [6, 6.07) is 0. The lowest BCUT2D eigenvalue weighted by Crippen LogP contribution is -2.41. The van der Waals surface area contributed by atoms with E-state index in [4.69, 9.17) is 4.74 Å². The molecule has 1 aliphatic rings. The van der Waals surface area contributed by atoms with Crippen LogP contribution in [0.25, 0.3) is 10.9 Å². The highest BCUT2D eigenvalue weighted by Gasteiger charge is 2.28. The van der Waals surface area contributed by atoms with Crippen LogP contribution in [-0.2, 0) is 17.7 Å². The third-order valence-electron chi connectivity index (χ3n) is 3.51. The summed E-state index contributed by atoms with van der Waals surface area (Å²) >= 11 is 1.57. The van der Waals surface area contributed by atoms with Crippen LogP contribution in [0.2, 0.25) is 0 Å². The molecule has 0 bridgehead atoms. The number of thiophene rings is 1. The second-order valence-corrected chi connectivity index (χ2v) is 7.01. The van der Waals surface area contributed by atoms with Crippen LogP contribution < -0.4 is 5.56 Å². The normalized spacial score (nSPS) is 15.1. The predicted octanol–water partition coefficient (Wildman–Crippen LogP) is 2.88. The van der Waals surface area contributed by atoms with Gasteiger partial charge >= 0.3 is 6.09 Å². The number of carbonyl (C=O) groups excluding carboxylic acids is 1. The first kappa shape index (κ1) is 14.1. The molecule has 21 heavy (non-hydrogen) atoms. The van der Waals surface area contributed by atoms with Gasteiger partial charge in [0, 0.05) is 28.3 Å². The zero-order valence-corrected chi connectivity index (χ0v) is 13.2. The lowest BCUT2D eigenvalue weighted by Gasteiger charge is -2.31. The summed E-state index contributed by atoms with van der Waals surface area (Å²) in [5, 5.41) is 5.09. The van der Waals surface area contributed by atoms with Crippen molar-refractivity contribution in [1.29, 1.82) is 0 Å². The molecule has 6 heteroatoms. The van der Waals surface area contributed by atoms with Gasteiger partial charge in [-0.15, -0.1) is 11.3 Å². The van der Waals surface area contributed by atoms with Gasteiger partial charge in [-0.05, 0) is 32.8 Å². The first-order valence-corrected chi connectivity index (χ1v) is 7.87. The van der Waals surface area contributed by atoms with Gasteiger partial charge in [0.2, 0.25) is 0 Å². The van der Waals surface area contributed by atoms with E-state index in [1.807, 2.05) is 31.5 Å². The molecule has 0 aliphatic carbocycles. The van der Waals surface area contributed by atoms with E-state index in [9.17, 15) is 9.59 Å². The molecule has 0 unspecified atom stereocenters. The number of aromatic amines is 1. The van der Waals surface area contributed by atoms with Crippen LogP contribution in [0.15, 0.2) is 15.6 Å². The van der Waals surface area contributed by atoms with Gasteiger partial charge in [-0.3, -0.25) is 4.79 Å². The highest BCUT2D eigenvalue weighted by molar-refractivity contribution is 7.09. The lowest BCUT2D eigenvalue weighted by molar-refractivity contribution is 0.0223. The Morgan fingerprint density at radius 3 is 2.81 bits per heavy atom. The molecule has 0 saturated heterocycles. The fourth-order valence-electron chi connectivity index (χ4n) is 2.58. The Kier molecular flexibility index (Phi) is 3.28. The zero-order chi connectivity index (χ0) is 15.2. The fourth-order valence-corrected chi connectivity index (χ4v) is 3.37. The van der Waals surface area contributed by atoms with E-state index in [2.05, 4.69) is 4.98 Å². The summed E-state index contributed by atoms with van der Waals surface area (Å²) in [5.41, 5.74) is 1.99. The third kappa shape index (κ3) is 2.68. The zero-order valence-electron chi connectivity index (χ0n) is 12.4. The van der Waals surface area contributed by atoms with Crippen LogP contribution in [0.1, 0.15) is 31.9 Å². The number of rotatable bonds is 0. The number of hydrogen-bond acceptors (Lipinski definition) is 4. The van der Waals surface area contributed by atoms with Gasteiger partial charge in [0.25, 0.3) is 5.56 Å². The average Bonchev–Trinajstić information content (AvgIpc) is 2.84. The van der Waals surface area contributed by atoms with E-state index in [1.54, 1.807) is 16.2 Å². The SMILES string of the molecule is CC(C)(C)OC(=O)N1CCc2c(c(=O)[nH]c3cscc23)C1. The average molecular weight is 306 g/mol. The lowest BCUT2D eigenvalue weighted by atomic mass is 9.99. The number of fused-ring (bicyclic) bond motifs is 3. The number of H-pyrrole nitrogens is 1. The van der Waals surface area contributed by atoms with Gasteiger partial charge in [0.05, 0.1) is 12.1 Å². The van der Waals surface area contributed by atoms with Crippen LogP contribution in [0, 0.1) is 0 Å².